The van der Waals surface area contributed by atoms with E-state index in [1.807, 2.05) is 0 Å². The second-order valence-corrected chi connectivity index (χ2v) is 10.0. The summed E-state index contributed by atoms with van der Waals surface area (Å²) in [6, 6.07) is 2.06. The maximum atomic E-state index is 12.8. The average Bonchev–Trinajstić information content (AvgIpc) is 3.27. The van der Waals surface area contributed by atoms with Gasteiger partial charge in [0.1, 0.15) is 24.5 Å². The molecule has 3 amide bonds. The molecule has 1 aromatic rings. The highest BCUT2D eigenvalue weighted by Gasteiger charge is 2.52. The molecule has 0 atom stereocenters. The summed E-state index contributed by atoms with van der Waals surface area (Å²) in [6.07, 6.45) is 3.89. The summed E-state index contributed by atoms with van der Waals surface area (Å²) >= 11 is 0. The predicted octanol–water partition coefficient (Wildman–Crippen LogP) is 1.46. The lowest BCUT2D eigenvalue weighted by Gasteiger charge is -2.34. The van der Waals surface area contributed by atoms with Gasteiger partial charge in [-0.05, 0) is 43.7 Å². The third-order valence-corrected chi connectivity index (χ3v) is 7.51. The van der Waals surface area contributed by atoms with Crippen LogP contribution >= 0.6 is 0 Å². The number of nitrogens with zero attached hydrogens (tertiary/aromatic N) is 2. The number of hydrogen-bond acceptors (Lipinski definition) is 7. The first-order chi connectivity index (χ1) is 14.1. The molecule has 11 heteroatoms. The van der Waals surface area contributed by atoms with E-state index in [9.17, 15) is 22.8 Å². The number of hydrogen-bond donors (Lipinski definition) is 1. The second kappa shape index (κ2) is 8.38. The molecule has 1 aliphatic carbocycles. The number of imide groups is 1. The van der Waals surface area contributed by atoms with Crippen LogP contribution in [0.25, 0.3) is 0 Å². The van der Waals surface area contributed by atoms with Gasteiger partial charge < -0.3 is 14.5 Å². The number of urea groups is 1. The van der Waals surface area contributed by atoms with Gasteiger partial charge in [-0.15, -0.1) is 0 Å². The van der Waals surface area contributed by atoms with Gasteiger partial charge in [0.05, 0.1) is 0 Å². The molecule has 1 saturated carbocycles. The first kappa shape index (κ1) is 22.3. The SMILES string of the molecule is CCC1CCC2(CC1)NC(=O)N(CC(=O)OCc1ccc(S(=O)(=O)N(C)C)o1)C2=O. The molecular weight excluding hydrogens is 414 g/mol. The molecule has 2 aliphatic rings. The Bertz CT molecular complexity index is 930. The van der Waals surface area contributed by atoms with Crippen molar-refractivity contribution in [3.8, 4) is 0 Å². The van der Waals surface area contributed by atoms with Crippen LogP contribution in [0.4, 0.5) is 4.79 Å². The highest BCUT2D eigenvalue weighted by Crippen LogP contribution is 2.37. The van der Waals surface area contributed by atoms with Crippen LogP contribution in [0, 0.1) is 5.92 Å². The minimum absolute atomic E-state index is 0.135. The zero-order valence-electron chi connectivity index (χ0n) is 17.3. The van der Waals surface area contributed by atoms with Gasteiger partial charge in [0.2, 0.25) is 5.09 Å². The first-order valence-electron chi connectivity index (χ1n) is 9.90. The number of esters is 1. The summed E-state index contributed by atoms with van der Waals surface area (Å²) in [6.45, 7) is 1.29. The van der Waals surface area contributed by atoms with Gasteiger partial charge in [-0.1, -0.05) is 13.3 Å². The Labute approximate surface area is 175 Å². The van der Waals surface area contributed by atoms with E-state index < -0.39 is 40.0 Å². The molecule has 0 bridgehead atoms. The molecule has 1 aromatic heterocycles. The molecule has 1 aliphatic heterocycles. The third kappa shape index (κ3) is 4.22. The van der Waals surface area contributed by atoms with Crippen molar-refractivity contribution in [1.82, 2.24) is 14.5 Å². The van der Waals surface area contributed by atoms with Crippen LogP contribution in [0.3, 0.4) is 0 Å². The lowest BCUT2D eigenvalue weighted by Crippen LogP contribution is -2.49. The summed E-state index contributed by atoms with van der Waals surface area (Å²) in [5.74, 6) is -0.494. The standard InChI is InChI=1S/C19H27N3O7S/c1-4-13-7-9-19(10-8-13)17(24)22(18(25)20-19)11-15(23)28-12-14-5-6-16(29-14)30(26,27)21(2)3/h5-6,13H,4,7-12H2,1-3H3,(H,20,25). The zero-order valence-corrected chi connectivity index (χ0v) is 18.2. The highest BCUT2D eigenvalue weighted by atomic mass is 32.2. The molecule has 1 N–H and O–H groups in total. The largest absolute Gasteiger partial charge is 0.456 e. The van der Waals surface area contributed by atoms with E-state index in [1.54, 1.807) is 0 Å². The molecule has 30 heavy (non-hydrogen) atoms. The molecule has 2 fully saturated rings. The minimum Gasteiger partial charge on any atom is -0.456 e. The van der Waals surface area contributed by atoms with Gasteiger partial charge in [-0.25, -0.2) is 17.5 Å². The summed E-state index contributed by atoms with van der Waals surface area (Å²) in [5.41, 5.74) is -0.917. The monoisotopic (exact) mass is 441 g/mol. The minimum atomic E-state index is -3.73. The van der Waals surface area contributed by atoms with Crippen LogP contribution in [-0.4, -0.2) is 61.7 Å². The Balaban J connectivity index is 1.56. The van der Waals surface area contributed by atoms with Crippen molar-refractivity contribution in [2.24, 2.45) is 5.92 Å². The summed E-state index contributed by atoms with van der Waals surface area (Å²) in [7, 11) is -0.985. The van der Waals surface area contributed by atoms with E-state index in [0.717, 1.165) is 28.5 Å². The van der Waals surface area contributed by atoms with Crippen molar-refractivity contribution in [3.05, 3.63) is 17.9 Å². The maximum absolute atomic E-state index is 12.8. The van der Waals surface area contributed by atoms with E-state index in [4.69, 9.17) is 9.15 Å². The fourth-order valence-electron chi connectivity index (χ4n) is 3.82. The zero-order chi connectivity index (χ0) is 22.1. The number of rotatable bonds is 7. The van der Waals surface area contributed by atoms with Crippen LogP contribution in [0.15, 0.2) is 21.6 Å². The van der Waals surface area contributed by atoms with Gasteiger partial charge in [-0.3, -0.25) is 14.5 Å². The lowest BCUT2D eigenvalue weighted by atomic mass is 9.75. The molecule has 1 spiro atoms. The van der Waals surface area contributed by atoms with Crippen molar-refractivity contribution >= 4 is 27.9 Å². The number of carbonyl (C=O) groups excluding carboxylic acids is 3. The fraction of sp³-hybridized carbons (Fsp3) is 0.632. The number of furan rings is 1. The summed E-state index contributed by atoms with van der Waals surface area (Å²) < 4.78 is 35.3. The normalized spacial score (nSPS) is 24.5. The van der Waals surface area contributed by atoms with Crippen molar-refractivity contribution in [2.45, 2.75) is 56.3 Å². The van der Waals surface area contributed by atoms with Crippen LogP contribution in [-0.2, 0) is 31.0 Å². The second-order valence-electron chi connectivity index (χ2n) is 7.92. The number of nitrogens with one attached hydrogen (secondary N) is 1. The quantitative estimate of drug-likeness (QED) is 0.501. The maximum Gasteiger partial charge on any atom is 0.326 e. The van der Waals surface area contributed by atoms with Crippen LogP contribution in [0.2, 0.25) is 0 Å². The third-order valence-electron chi connectivity index (χ3n) is 5.82. The predicted molar refractivity (Wildman–Crippen MR) is 105 cm³/mol. The van der Waals surface area contributed by atoms with E-state index in [-0.39, 0.29) is 17.5 Å². The Kier molecular flexibility index (Phi) is 6.23. The van der Waals surface area contributed by atoms with Crippen molar-refractivity contribution < 1.29 is 32.0 Å². The Hall–Kier alpha value is -2.40. The van der Waals surface area contributed by atoms with E-state index in [0.29, 0.717) is 18.8 Å². The Morgan fingerprint density at radius 2 is 1.97 bits per heavy atom. The molecule has 0 radical (unpaired) electrons. The van der Waals surface area contributed by atoms with Gasteiger partial charge in [0, 0.05) is 14.1 Å². The van der Waals surface area contributed by atoms with Crippen LogP contribution < -0.4 is 5.32 Å². The number of amides is 3. The Morgan fingerprint density at radius 1 is 1.30 bits per heavy atom. The van der Waals surface area contributed by atoms with Gasteiger partial charge >= 0.3 is 12.0 Å². The number of ether oxygens (including phenoxy) is 1. The molecule has 2 heterocycles. The molecule has 166 valence electrons. The Morgan fingerprint density at radius 3 is 2.57 bits per heavy atom. The summed E-state index contributed by atoms with van der Waals surface area (Å²) in [4.78, 5) is 38.2. The number of carbonyl (C=O) groups is 3. The smallest absolute Gasteiger partial charge is 0.326 e. The van der Waals surface area contributed by atoms with E-state index in [1.165, 1.54) is 26.2 Å². The highest BCUT2D eigenvalue weighted by molar-refractivity contribution is 7.88. The summed E-state index contributed by atoms with van der Waals surface area (Å²) in [5, 5.41) is 2.50. The van der Waals surface area contributed by atoms with Crippen molar-refractivity contribution in [3.63, 3.8) is 0 Å². The molecule has 3 rings (SSSR count). The van der Waals surface area contributed by atoms with Crippen molar-refractivity contribution in [1.29, 1.82) is 0 Å². The van der Waals surface area contributed by atoms with Gasteiger partial charge in [0.15, 0.2) is 0 Å². The average molecular weight is 442 g/mol. The first-order valence-corrected chi connectivity index (χ1v) is 11.3. The molecule has 10 nitrogen and oxygen atoms in total. The van der Waals surface area contributed by atoms with Gasteiger partial charge in [-0.2, -0.15) is 0 Å². The van der Waals surface area contributed by atoms with E-state index >= 15 is 0 Å². The topological polar surface area (TPSA) is 126 Å². The lowest BCUT2D eigenvalue weighted by molar-refractivity contribution is -0.149. The fourth-order valence-corrected chi connectivity index (χ4v) is 4.63. The molecular formula is C19H27N3O7S. The van der Waals surface area contributed by atoms with Crippen LogP contribution in [0.5, 0.6) is 0 Å². The van der Waals surface area contributed by atoms with E-state index in [2.05, 4.69) is 12.2 Å². The molecule has 0 unspecified atom stereocenters. The molecule has 0 aromatic carbocycles. The van der Waals surface area contributed by atoms with Crippen molar-refractivity contribution in [2.75, 3.05) is 20.6 Å². The molecule has 1 saturated heterocycles. The number of sulfonamides is 1. The van der Waals surface area contributed by atoms with Gasteiger partial charge in [0.25, 0.3) is 15.9 Å². The van der Waals surface area contributed by atoms with Crippen LogP contribution in [0.1, 0.15) is 44.8 Å².